The van der Waals surface area contributed by atoms with Gasteiger partial charge in [-0.25, -0.2) is 13.1 Å². The van der Waals surface area contributed by atoms with Crippen molar-refractivity contribution >= 4 is 53.3 Å². The molecule has 1 heterocycles. The maximum absolute atomic E-state index is 13.4. The van der Waals surface area contributed by atoms with Crippen molar-refractivity contribution in [1.82, 2.24) is 10.0 Å². The highest BCUT2D eigenvalue weighted by Gasteiger charge is 2.42. The first-order valence-electron chi connectivity index (χ1n) is 12.3. The summed E-state index contributed by atoms with van der Waals surface area (Å²) < 4.78 is 35.5. The van der Waals surface area contributed by atoms with Crippen LogP contribution in [0.5, 0.6) is 5.75 Å². The molecule has 0 aromatic heterocycles. The molecular weight excluding hydrogens is 567 g/mol. The Kier molecular flexibility index (Phi) is 9.38. The second-order valence-electron chi connectivity index (χ2n) is 11.0. The van der Waals surface area contributed by atoms with Crippen LogP contribution in [0.1, 0.15) is 45.2 Å². The van der Waals surface area contributed by atoms with Gasteiger partial charge in [-0.05, 0) is 73.4 Å². The zero-order chi connectivity index (χ0) is 28.5. The molecule has 3 N–H and O–H groups in total. The van der Waals surface area contributed by atoms with Gasteiger partial charge in [0.2, 0.25) is 18.3 Å². The fourth-order valence-corrected chi connectivity index (χ4v) is 7.00. The van der Waals surface area contributed by atoms with E-state index in [4.69, 9.17) is 27.6 Å². The predicted molar refractivity (Wildman–Crippen MR) is 151 cm³/mol. The van der Waals surface area contributed by atoms with Gasteiger partial charge in [0.15, 0.2) is 5.78 Å². The zero-order valence-electron chi connectivity index (χ0n) is 22.0. The van der Waals surface area contributed by atoms with Gasteiger partial charge in [-0.15, -0.1) is 0 Å². The van der Waals surface area contributed by atoms with Crippen molar-refractivity contribution in [2.75, 3.05) is 6.54 Å². The van der Waals surface area contributed by atoms with Gasteiger partial charge in [-0.1, -0.05) is 56.1 Å². The number of rotatable bonds is 10. The Morgan fingerprint density at radius 2 is 1.68 bits per heavy atom. The predicted octanol–water partition coefficient (Wildman–Crippen LogP) is 5.42. The molecular formula is C26H34Cl2N2O6SSi. The van der Waals surface area contributed by atoms with E-state index in [9.17, 15) is 23.1 Å². The van der Waals surface area contributed by atoms with E-state index in [1.54, 1.807) is 24.3 Å². The number of carboxylic acids is 1. The summed E-state index contributed by atoms with van der Waals surface area (Å²) in [6, 6.07) is 8.25. The number of aliphatic carboxylic acids is 1. The van der Waals surface area contributed by atoms with E-state index in [0.29, 0.717) is 24.3 Å². The molecule has 2 aromatic carbocycles. The van der Waals surface area contributed by atoms with E-state index in [0.717, 1.165) is 6.42 Å². The van der Waals surface area contributed by atoms with Gasteiger partial charge in [-0.3, -0.25) is 9.59 Å². The molecule has 8 nitrogen and oxygen atoms in total. The third-order valence-corrected chi connectivity index (χ3v) is 13.4. The summed E-state index contributed by atoms with van der Waals surface area (Å²) in [5, 5.41) is 13.3. The smallest absolute Gasteiger partial charge is 0.316 e. The molecule has 0 unspecified atom stereocenters. The Labute approximate surface area is 235 Å². The summed E-state index contributed by atoms with van der Waals surface area (Å²) in [6.07, 6.45) is 1.20. The normalized spacial score (nSPS) is 18.1. The maximum atomic E-state index is 13.4. The Hall–Kier alpha value is -1.95. The molecule has 0 amide bonds. The second-order valence-corrected chi connectivity index (χ2v) is 18.3. The maximum Gasteiger partial charge on any atom is 0.316 e. The minimum Gasteiger partial charge on any atom is -0.544 e. The fourth-order valence-electron chi connectivity index (χ4n) is 4.01. The monoisotopic (exact) mass is 600 g/mol. The summed E-state index contributed by atoms with van der Waals surface area (Å²) >= 11 is 12.0. The van der Waals surface area contributed by atoms with Crippen LogP contribution in [0.25, 0.3) is 0 Å². The first kappa shape index (κ1) is 30.6. The molecule has 0 spiro atoms. The van der Waals surface area contributed by atoms with Gasteiger partial charge in [-0.2, -0.15) is 0 Å². The Bertz CT molecular complexity index is 1270. The van der Waals surface area contributed by atoms with E-state index in [-0.39, 0.29) is 20.0 Å². The molecule has 1 aliphatic heterocycles. The summed E-state index contributed by atoms with van der Waals surface area (Å²) in [7, 11) is -6.48. The molecule has 3 rings (SSSR count). The van der Waals surface area contributed by atoms with Gasteiger partial charge < -0.3 is 14.8 Å². The number of ketones is 1. The Balaban J connectivity index is 2.04. The molecule has 3 atom stereocenters. The van der Waals surface area contributed by atoms with Gasteiger partial charge in [0, 0.05) is 10.0 Å². The van der Waals surface area contributed by atoms with E-state index in [2.05, 4.69) is 43.9 Å². The zero-order valence-corrected chi connectivity index (χ0v) is 25.4. The van der Waals surface area contributed by atoms with E-state index < -0.39 is 48.1 Å². The van der Waals surface area contributed by atoms with Crippen LogP contribution in [-0.4, -0.2) is 46.2 Å². The van der Waals surface area contributed by atoms with Crippen molar-refractivity contribution in [2.45, 2.75) is 68.7 Å². The van der Waals surface area contributed by atoms with Gasteiger partial charge in [0.1, 0.15) is 11.7 Å². The van der Waals surface area contributed by atoms with Crippen LogP contribution in [-0.2, 0) is 19.6 Å². The molecule has 0 bridgehead atoms. The lowest BCUT2D eigenvalue weighted by Crippen LogP contribution is -2.46. The molecule has 12 heteroatoms. The number of halogens is 2. The third kappa shape index (κ3) is 7.16. The number of carbonyl (C=O) groups is 2. The van der Waals surface area contributed by atoms with Crippen molar-refractivity contribution < 1.29 is 27.5 Å². The molecule has 0 radical (unpaired) electrons. The largest absolute Gasteiger partial charge is 0.544 e. The van der Waals surface area contributed by atoms with Crippen molar-refractivity contribution in [1.29, 1.82) is 0 Å². The van der Waals surface area contributed by atoms with E-state index in [1.165, 1.54) is 18.2 Å². The number of benzene rings is 2. The lowest BCUT2D eigenvalue weighted by Gasteiger charge is -2.36. The number of nitrogens with one attached hydrogen (secondary N) is 2. The SMILES string of the molecule is CC(C)(C)[Si](C)(C)Oc1ccc([C@@H](NS(=O)(=O)c2cc(Cl)cc(Cl)c2)[C@H](C(=O)O)C(=O)[C@@H]2CCCN2)cc1. The van der Waals surface area contributed by atoms with Crippen molar-refractivity contribution in [3.05, 3.63) is 58.1 Å². The van der Waals surface area contributed by atoms with Crippen LogP contribution in [0.2, 0.25) is 28.2 Å². The number of carboxylic acid groups (broad SMARTS) is 1. The molecule has 2 aromatic rings. The molecule has 1 aliphatic rings. The van der Waals surface area contributed by atoms with Crippen LogP contribution in [0.15, 0.2) is 47.4 Å². The minimum absolute atomic E-state index is 0.0445. The molecule has 38 heavy (non-hydrogen) atoms. The lowest BCUT2D eigenvalue weighted by molar-refractivity contribution is -0.148. The number of hydrogen-bond acceptors (Lipinski definition) is 6. The number of carbonyl (C=O) groups excluding carboxylic acids is 1. The average Bonchev–Trinajstić information content (AvgIpc) is 3.32. The van der Waals surface area contributed by atoms with Crippen LogP contribution < -0.4 is 14.5 Å². The third-order valence-electron chi connectivity index (χ3n) is 7.16. The summed E-state index contributed by atoms with van der Waals surface area (Å²) in [5.41, 5.74) is 0.308. The summed E-state index contributed by atoms with van der Waals surface area (Å²) in [5.74, 6) is -3.11. The average molecular weight is 602 g/mol. The molecule has 1 saturated heterocycles. The quantitative estimate of drug-likeness (QED) is 0.246. The van der Waals surface area contributed by atoms with E-state index >= 15 is 0 Å². The van der Waals surface area contributed by atoms with Crippen molar-refractivity contribution in [2.24, 2.45) is 5.92 Å². The number of hydrogen-bond donors (Lipinski definition) is 3. The van der Waals surface area contributed by atoms with Gasteiger partial charge >= 0.3 is 5.97 Å². The number of Topliss-reactive ketones (excluding diaryl/α,β-unsaturated/α-hetero) is 1. The highest BCUT2D eigenvalue weighted by Crippen LogP contribution is 2.38. The standard InChI is InChI=1S/C26H34Cl2N2O6SSi/c1-26(2,3)38(4,5)36-19-10-8-16(9-11-19)23(22(25(32)33)24(31)21-7-6-12-29-21)30-37(34,35)20-14-17(27)13-18(28)15-20/h8-11,13-15,21-23,29-30H,6-7,12H2,1-5H3,(H,32,33)/t21-,22-,23+/m0/s1. The van der Waals surface area contributed by atoms with Crippen LogP contribution in [0, 0.1) is 5.92 Å². The topological polar surface area (TPSA) is 122 Å². The van der Waals surface area contributed by atoms with Crippen molar-refractivity contribution in [3.63, 3.8) is 0 Å². The lowest BCUT2D eigenvalue weighted by atomic mass is 9.86. The van der Waals surface area contributed by atoms with Crippen LogP contribution in [0.4, 0.5) is 0 Å². The molecule has 0 saturated carbocycles. The van der Waals surface area contributed by atoms with Crippen LogP contribution in [0.3, 0.4) is 0 Å². The number of sulfonamides is 1. The highest BCUT2D eigenvalue weighted by molar-refractivity contribution is 7.89. The Morgan fingerprint density at radius 3 is 2.16 bits per heavy atom. The molecule has 0 aliphatic carbocycles. The van der Waals surface area contributed by atoms with Gasteiger partial charge in [0.05, 0.1) is 17.0 Å². The molecule has 1 fully saturated rings. The fraction of sp³-hybridized carbons (Fsp3) is 0.462. The molecule has 208 valence electrons. The summed E-state index contributed by atoms with van der Waals surface area (Å²) in [4.78, 5) is 25.6. The minimum atomic E-state index is -4.33. The summed E-state index contributed by atoms with van der Waals surface area (Å²) in [6.45, 7) is 11.1. The highest BCUT2D eigenvalue weighted by atomic mass is 35.5. The van der Waals surface area contributed by atoms with Crippen molar-refractivity contribution in [3.8, 4) is 5.75 Å². The first-order valence-corrected chi connectivity index (χ1v) is 17.4. The van der Waals surface area contributed by atoms with Gasteiger partial charge in [0.25, 0.3) is 0 Å². The Morgan fingerprint density at radius 1 is 1.11 bits per heavy atom. The van der Waals surface area contributed by atoms with Crippen LogP contribution >= 0.6 is 23.2 Å². The van der Waals surface area contributed by atoms with E-state index in [1.807, 2.05) is 0 Å². The first-order chi connectivity index (χ1) is 17.5. The second kappa shape index (κ2) is 11.7.